The molecule has 0 saturated heterocycles. The number of anilines is 1. The van der Waals surface area contributed by atoms with Crippen molar-refractivity contribution in [3.63, 3.8) is 0 Å². The molecule has 0 amide bonds. The molecule has 4 rings (SSSR count). The van der Waals surface area contributed by atoms with Crippen molar-refractivity contribution in [3.05, 3.63) is 76.3 Å². The van der Waals surface area contributed by atoms with E-state index < -0.39 is 18.2 Å². The van der Waals surface area contributed by atoms with E-state index in [1.165, 1.54) is 0 Å². The summed E-state index contributed by atoms with van der Waals surface area (Å²) in [6.45, 7) is 2.34. The van der Waals surface area contributed by atoms with Crippen LogP contribution in [0.15, 0.2) is 54.6 Å². The molecule has 2 atom stereocenters. The van der Waals surface area contributed by atoms with Gasteiger partial charge in [0.25, 0.3) is 0 Å². The van der Waals surface area contributed by atoms with Crippen LogP contribution in [0.1, 0.15) is 36.1 Å². The Kier molecular flexibility index (Phi) is 9.73. The number of fused-ring (bicyclic) bond motifs is 1. The molecular weight excluding hydrogens is 554 g/mol. The second-order valence-electron chi connectivity index (χ2n) is 8.90. The molecule has 2 unspecified atom stereocenters. The number of methoxy groups -OCH3 is 4. The van der Waals surface area contributed by atoms with Gasteiger partial charge in [0.1, 0.15) is 40.2 Å². The zero-order chi connectivity index (χ0) is 28.8. The largest absolute Gasteiger partial charge is 0.497 e. The maximum Gasteiger partial charge on any atom is 0.308 e. The Bertz CT molecular complexity index is 1380. The lowest BCUT2D eigenvalue weighted by Gasteiger charge is -2.28. The number of hydrogen-bond acceptors (Lipinski definition) is 8. The molecular formula is C30H32ClNO7S. The molecule has 0 bridgehead atoms. The van der Waals surface area contributed by atoms with Crippen LogP contribution in [-0.2, 0) is 20.8 Å². The molecule has 8 nitrogen and oxygen atoms in total. The first kappa shape index (κ1) is 29.5. The van der Waals surface area contributed by atoms with E-state index in [1.54, 1.807) is 41.4 Å². The summed E-state index contributed by atoms with van der Waals surface area (Å²) < 4.78 is 34.0. The Hall–Kier alpha value is -3.53. The predicted molar refractivity (Wildman–Crippen MR) is 157 cm³/mol. The van der Waals surface area contributed by atoms with Gasteiger partial charge in [-0.15, -0.1) is 0 Å². The molecule has 0 spiro atoms. The summed E-state index contributed by atoms with van der Waals surface area (Å²) in [5.74, 6) is 2.01. The van der Waals surface area contributed by atoms with E-state index in [0.717, 1.165) is 16.8 Å². The first-order valence-electron chi connectivity index (χ1n) is 12.7. The van der Waals surface area contributed by atoms with Crippen molar-refractivity contribution in [2.45, 2.75) is 32.1 Å². The Morgan fingerprint density at radius 1 is 0.925 bits per heavy atom. The van der Waals surface area contributed by atoms with E-state index in [4.69, 9.17) is 52.2 Å². The lowest BCUT2D eigenvalue weighted by molar-refractivity contribution is -0.145. The normalized spacial score (nSPS) is 16.6. The topological polar surface area (TPSA) is 75.7 Å². The molecule has 1 heterocycles. The van der Waals surface area contributed by atoms with Crippen molar-refractivity contribution in [2.75, 3.05) is 39.9 Å². The molecule has 1 aliphatic rings. The number of nitrogens with zero attached hydrogens (tertiary/aromatic N) is 1. The number of carbonyl (C=O) groups excluding carboxylic acids is 1. The zero-order valence-electron chi connectivity index (χ0n) is 23.1. The van der Waals surface area contributed by atoms with Crippen molar-refractivity contribution >= 4 is 40.5 Å². The minimum atomic E-state index is -0.802. The van der Waals surface area contributed by atoms with Crippen molar-refractivity contribution in [2.24, 2.45) is 0 Å². The Morgan fingerprint density at radius 2 is 1.62 bits per heavy atom. The first-order chi connectivity index (χ1) is 19.3. The number of hydrogen-bond donors (Lipinski definition) is 0. The highest BCUT2D eigenvalue weighted by atomic mass is 35.5. The number of thiocarbonyl (C=S) groups is 1. The van der Waals surface area contributed by atoms with Gasteiger partial charge in [-0.3, -0.25) is 4.79 Å². The molecule has 0 fully saturated rings. The SMILES string of the molecule is CCOC(=O)CC1OC(c2cccc(OC)c2Cl)c2cc(OC)ccc2N(Cc2ccc(OC)cc2OC)C1=S. The average Bonchev–Trinajstić information content (AvgIpc) is 3.07. The second-order valence-corrected chi connectivity index (χ2v) is 9.70. The van der Waals surface area contributed by atoms with Gasteiger partial charge in [-0.25, -0.2) is 0 Å². The van der Waals surface area contributed by atoms with Gasteiger partial charge in [0.05, 0.1) is 53.0 Å². The summed E-state index contributed by atoms with van der Waals surface area (Å²) in [7, 11) is 6.36. The van der Waals surface area contributed by atoms with Crippen LogP contribution in [0.25, 0.3) is 0 Å². The maximum atomic E-state index is 12.7. The summed E-state index contributed by atoms with van der Waals surface area (Å²) in [6.07, 6.45) is -1.58. The van der Waals surface area contributed by atoms with Crippen LogP contribution in [0.4, 0.5) is 5.69 Å². The van der Waals surface area contributed by atoms with E-state index in [-0.39, 0.29) is 13.0 Å². The predicted octanol–water partition coefficient (Wildman–Crippen LogP) is 6.15. The molecule has 0 N–H and O–H groups in total. The van der Waals surface area contributed by atoms with Gasteiger partial charge in [0.2, 0.25) is 0 Å². The zero-order valence-corrected chi connectivity index (χ0v) is 24.6. The monoisotopic (exact) mass is 585 g/mol. The van der Waals surface area contributed by atoms with Crippen LogP contribution in [0.2, 0.25) is 5.02 Å². The summed E-state index contributed by atoms with van der Waals surface area (Å²) in [5, 5.41) is 0.398. The third kappa shape index (κ3) is 6.11. The highest BCUT2D eigenvalue weighted by molar-refractivity contribution is 7.80. The van der Waals surface area contributed by atoms with Crippen LogP contribution in [0, 0.1) is 0 Å². The summed E-state index contributed by atoms with van der Waals surface area (Å²) in [4.78, 5) is 15.1. The Labute approximate surface area is 244 Å². The van der Waals surface area contributed by atoms with E-state index in [1.807, 2.05) is 53.4 Å². The van der Waals surface area contributed by atoms with E-state index >= 15 is 0 Å². The maximum absolute atomic E-state index is 12.7. The molecule has 3 aromatic rings. The fourth-order valence-corrected chi connectivity index (χ4v) is 5.26. The molecule has 40 heavy (non-hydrogen) atoms. The number of esters is 1. The molecule has 0 aromatic heterocycles. The van der Waals surface area contributed by atoms with Crippen LogP contribution in [0.5, 0.6) is 23.0 Å². The van der Waals surface area contributed by atoms with E-state index in [0.29, 0.717) is 45.1 Å². The Balaban J connectivity index is 1.90. The number of benzene rings is 3. The minimum absolute atomic E-state index is 0.0773. The molecule has 10 heteroatoms. The van der Waals surface area contributed by atoms with Gasteiger partial charge in [-0.05, 0) is 43.3 Å². The molecule has 1 aliphatic heterocycles. The fourth-order valence-electron chi connectivity index (χ4n) is 4.66. The highest BCUT2D eigenvalue weighted by Gasteiger charge is 2.37. The van der Waals surface area contributed by atoms with Crippen LogP contribution < -0.4 is 23.8 Å². The van der Waals surface area contributed by atoms with Gasteiger partial charge in [0.15, 0.2) is 0 Å². The molecule has 0 radical (unpaired) electrons. The molecule has 0 saturated carbocycles. The lowest BCUT2D eigenvalue weighted by atomic mass is 9.98. The Morgan fingerprint density at radius 3 is 2.30 bits per heavy atom. The van der Waals surface area contributed by atoms with Crippen molar-refractivity contribution < 1.29 is 33.2 Å². The first-order valence-corrected chi connectivity index (χ1v) is 13.5. The second kappa shape index (κ2) is 13.2. The molecule has 212 valence electrons. The lowest BCUT2D eigenvalue weighted by Crippen LogP contribution is -2.39. The fraction of sp³-hybridized carbons (Fsp3) is 0.333. The van der Waals surface area contributed by atoms with Crippen LogP contribution in [-0.4, -0.2) is 52.1 Å². The average molecular weight is 586 g/mol. The van der Waals surface area contributed by atoms with Crippen molar-refractivity contribution in [1.29, 1.82) is 0 Å². The van der Waals surface area contributed by atoms with Gasteiger partial charge >= 0.3 is 5.97 Å². The standard InChI is InChI=1S/C30H32ClNO7S/c1-6-38-27(33)16-26-30(40)32(17-18-10-11-20(35-3)15-25(18)37-5)23-13-12-19(34-2)14-22(23)29(39-26)21-8-7-9-24(36-4)28(21)31/h7-15,26,29H,6,16-17H2,1-5H3. The third-order valence-corrected chi connectivity index (χ3v) is 7.51. The van der Waals surface area contributed by atoms with Crippen molar-refractivity contribution in [1.82, 2.24) is 0 Å². The van der Waals surface area contributed by atoms with Gasteiger partial charge < -0.3 is 33.3 Å². The van der Waals surface area contributed by atoms with E-state index in [9.17, 15) is 4.79 Å². The highest BCUT2D eigenvalue weighted by Crippen LogP contribution is 2.45. The molecule has 3 aromatic carbocycles. The number of rotatable bonds is 10. The molecule has 0 aliphatic carbocycles. The van der Waals surface area contributed by atoms with Crippen LogP contribution >= 0.6 is 23.8 Å². The van der Waals surface area contributed by atoms with Gasteiger partial charge in [-0.1, -0.05) is 36.0 Å². The number of halogens is 1. The van der Waals surface area contributed by atoms with Crippen LogP contribution in [0.3, 0.4) is 0 Å². The minimum Gasteiger partial charge on any atom is -0.497 e. The van der Waals surface area contributed by atoms with E-state index in [2.05, 4.69) is 0 Å². The quantitative estimate of drug-likeness (QED) is 0.206. The number of carbonyl (C=O) groups is 1. The summed E-state index contributed by atoms with van der Waals surface area (Å²) in [6, 6.07) is 16.8. The number of ether oxygens (including phenoxy) is 6. The summed E-state index contributed by atoms with van der Waals surface area (Å²) in [5.41, 5.74) is 3.06. The summed E-state index contributed by atoms with van der Waals surface area (Å²) >= 11 is 12.8. The third-order valence-electron chi connectivity index (χ3n) is 6.63. The van der Waals surface area contributed by atoms with Gasteiger partial charge in [-0.2, -0.15) is 0 Å². The van der Waals surface area contributed by atoms with Crippen molar-refractivity contribution in [3.8, 4) is 23.0 Å². The smallest absolute Gasteiger partial charge is 0.308 e. The van der Waals surface area contributed by atoms with Gasteiger partial charge in [0, 0.05) is 28.4 Å².